The predicted molar refractivity (Wildman–Crippen MR) is 116 cm³/mol. The predicted octanol–water partition coefficient (Wildman–Crippen LogP) is 1.37. The Morgan fingerprint density at radius 3 is 2.30 bits per heavy atom. The molecule has 33 heavy (non-hydrogen) atoms. The van der Waals surface area contributed by atoms with Crippen LogP contribution in [-0.2, 0) is 4.79 Å². The van der Waals surface area contributed by atoms with Crippen molar-refractivity contribution in [3.8, 4) is 6.07 Å². The van der Waals surface area contributed by atoms with E-state index in [1.807, 2.05) is 36.4 Å². The summed E-state index contributed by atoms with van der Waals surface area (Å²) in [5, 5.41) is 22.7. The SMILES string of the molecule is N#Cc1ccc(C(NC(=O)c2cnc(C(=O)NCCC(=O)O)[nH]c2=O)c2ccccc2)cc1. The fourth-order valence-electron chi connectivity index (χ4n) is 3.00. The highest BCUT2D eigenvalue weighted by atomic mass is 16.4. The van der Waals surface area contributed by atoms with E-state index >= 15 is 0 Å². The van der Waals surface area contributed by atoms with Crippen LogP contribution in [0.4, 0.5) is 0 Å². The number of nitrogens with one attached hydrogen (secondary N) is 3. The Hall–Kier alpha value is -4.78. The molecule has 2 aromatic carbocycles. The van der Waals surface area contributed by atoms with Gasteiger partial charge in [-0.3, -0.25) is 19.2 Å². The van der Waals surface area contributed by atoms with E-state index in [9.17, 15) is 19.2 Å². The van der Waals surface area contributed by atoms with Gasteiger partial charge in [-0.15, -0.1) is 0 Å². The number of H-pyrrole nitrogens is 1. The van der Waals surface area contributed by atoms with E-state index in [0.717, 1.165) is 11.8 Å². The third-order valence-electron chi connectivity index (χ3n) is 4.66. The van der Waals surface area contributed by atoms with Crippen molar-refractivity contribution in [3.05, 3.63) is 99.2 Å². The quantitative estimate of drug-likeness (QED) is 0.406. The number of hydrogen-bond donors (Lipinski definition) is 4. The highest BCUT2D eigenvalue weighted by Gasteiger charge is 2.21. The second kappa shape index (κ2) is 10.5. The Bertz CT molecular complexity index is 1260. The maximum Gasteiger partial charge on any atom is 0.305 e. The van der Waals surface area contributed by atoms with Crippen molar-refractivity contribution in [2.24, 2.45) is 0 Å². The average Bonchev–Trinajstić information content (AvgIpc) is 2.82. The second-order valence-corrected chi connectivity index (χ2v) is 6.93. The normalized spacial score (nSPS) is 11.1. The van der Waals surface area contributed by atoms with E-state index < -0.39 is 29.4 Å². The maximum atomic E-state index is 12.9. The van der Waals surface area contributed by atoms with Gasteiger partial charge in [0.05, 0.1) is 24.1 Å². The zero-order chi connectivity index (χ0) is 23.8. The first kappa shape index (κ1) is 22.9. The van der Waals surface area contributed by atoms with Crippen molar-refractivity contribution in [1.82, 2.24) is 20.6 Å². The molecule has 166 valence electrons. The van der Waals surface area contributed by atoms with Gasteiger partial charge in [-0.05, 0) is 23.3 Å². The van der Waals surface area contributed by atoms with Crippen LogP contribution in [0.5, 0.6) is 0 Å². The molecule has 0 spiro atoms. The lowest BCUT2D eigenvalue weighted by Gasteiger charge is -2.20. The lowest BCUT2D eigenvalue weighted by molar-refractivity contribution is -0.136. The van der Waals surface area contributed by atoms with E-state index in [4.69, 9.17) is 10.4 Å². The minimum atomic E-state index is -1.08. The molecule has 0 fully saturated rings. The van der Waals surface area contributed by atoms with Gasteiger partial charge in [0.1, 0.15) is 5.56 Å². The first-order valence-corrected chi connectivity index (χ1v) is 9.84. The molecule has 0 bridgehead atoms. The third-order valence-corrected chi connectivity index (χ3v) is 4.66. The van der Waals surface area contributed by atoms with Crippen LogP contribution in [0, 0.1) is 11.3 Å². The number of aromatic nitrogens is 2. The highest BCUT2D eigenvalue weighted by molar-refractivity contribution is 5.95. The number of carbonyl (C=O) groups is 3. The molecule has 3 rings (SSSR count). The fourth-order valence-corrected chi connectivity index (χ4v) is 3.00. The summed E-state index contributed by atoms with van der Waals surface area (Å²) in [6.07, 6.45) is 0.702. The van der Waals surface area contributed by atoms with E-state index in [1.165, 1.54) is 0 Å². The largest absolute Gasteiger partial charge is 0.481 e. The zero-order valence-electron chi connectivity index (χ0n) is 17.2. The van der Waals surface area contributed by atoms with Gasteiger partial charge < -0.3 is 20.7 Å². The minimum absolute atomic E-state index is 0.135. The standard InChI is InChI=1S/C23H19N5O5/c24-12-14-6-8-16(9-7-14)19(15-4-2-1-3-5-15)27-21(31)17-13-26-20(28-22(17)32)23(33)25-11-10-18(29)30/h1-9,13,19H,10-11H2,(H,25,33)(H,27,31)(H,29,30)(H,26,28,32). The first-order valence-electron chi connectivity index (χ1n) is 9.84. The molecule has 0 aliphatic rings. The number of carbonyl (C=O) groups excluding carboxylic acids is 2. The van der Waals surface area contributed by atoms with Gasteiger partial charge in [0.2, 0.25) is 0 Å². The molecule has 1 aromatic heterocycles. The van der Waals surface area contributed by atoms with Gasteiger partial charge in [0.25, 0.3) is 17.4 Å². The summed E-state index contributed by atoms with van der Waals surface area (Å²) < 4.78 is 0. The number of hydrogen-bond acceptors (Lipinski definition) is 6. The van der Waals surface area contributed by atoms with Crippen molar-refractivity contribution in [2.75, 3.05) is 6.54 Å². The summed E-state index contributed by atoms with van der Waals surface area (Å²) in [6, 6.07) is 17.2. The van der Waals surface area contributed by atoms with Crippen molar-refractivity contribution in [1.29, 1.82) is 5.26 Å². The molecule has 0 saturated heterocycles. The van der Waals surface area contributed by atoms with Gasteiger partial charge in [-0.1, -0.05) is 42.5 Å². The lowest BCUT2D eigenvalue weighted by atomic mass is 9.97. The summed E-state index contributed by atoms with van der Waals surface area (Å²) >= 11 is 0. The number of carboxylic acids is 1. The van der Waals surface area contributed by atoms with E-state index in [1.54, 1.807) is 24.3 Å². The molecule has 0 radical (unpaired) electrons. The molecule has 1 unspecified atom stereocenters. The Morgan fingerprint density at radius 2 is 1.70 bits per heavy atom. The van der Waals surface area contributed by atoms with Crippen LogP contribution in [0.1, 0.15) is 50.1 Å². The smallest absolute Gasteiger partial charge is 0.305 e. The highest BCUT2D eigenvalue weighted by Crippen LogP contribution is 2.22. The molecule has 1 heterocycles. The number of aliphatic carboxylic acids is 1. The van der Waals surface area contributed by atoms with E-state index in [2.05, 4.69) is 20.6 Å². The Morgan fingerprint density at radius 1 is 1.03 bits per heavy atom. The average molecular weight is 445 g/mol. The fraction of sp³-hybridized carbons (Fsp3) is 0.130. The van der Waals surface area contributed by atoms with Gasteiger partial charge in [-0.2, -0.15) is 5.26 Å². The van der Waals surface area contributed by atoms with Crippen molar-refractivity contribution >= 4 is 17.8 Å². The molecule has 0 aliphatic heterocycles. The molecular weight excluding hydrogens is 426 g/mol. The van der Waals surface area contributed by atoms with Crippen molar-refractivity contribution in [2.45, 2.75) is 12.5 Å². The summed E-state index contributed by atoms with van der Waals surface area (Å²) in [6.45, 7) is -0.135. The van der Waals surface area contributed by atoms with Crippen molar-refractivity contribution in [3.63, 3.8) is 0 Å². The molecule has 3 aromatic rings. The second-order valence-electron chi connectivity index (χ2n) is 6.93. The number of aromatic amines is 1. The van der Waals surface area contributed by atoms with Crippen molar-refractivity contribution < 1.29 is 19.5 Å². The van der Waals surface area contributed by atoms with Gasteiger partial charge >= 0.3 is 5.97 Å². The zero-order valence-corrected chi connectivity index (χ0v) is 17.2. The van der Waals surface area contributed by atoms with Crippen LogP contribution in [0.3, 0.4) is 0 Å². The Balaban J connectivity index is 1.82. The number of amides is 2. The minimum Gasteiger partial charge on any atom is -0.481 e. The van der Waals surface area contributed by atoms with Crippen LogP contribution < -0.4 is 16.2 Å². The lowest BCUT2D eigenvalue weighted by Crippen LogP contribution is -2.35. The summed E-state index contributed by atoms with van der Waals surface area (Å²) in [5.74, 6) is -2.90. The van der Waals surface area contributed by atoms with E-state index in [0.29, 0.717) is 11.1 Å². The van der Waals surface area contributed by atoms with Crippen LogP contribution in [0.25, 0.3) is 0 Å². The number of nitriles is 1. The van der Waals surface area contributed by atoms with Crippen LogP contribution in [-0.4, -0.2) is 39.4 Å². The van der Waals surface area contributed by atoms with E-state index in [-0.39, 0.29) is 24.4 Å². The Kier molecular flexibility index (Phi) is 7.28. The van der Waals surface area contributed by atoms with Gasteiger partial charge in [0, 0.05) is 12.7 Å². The molecule has 2 amide bonds. The molecule has 0 saturated carbocycles. The number of rotatable bonds is 8. The summed E-state index contributed by atoms with van der Waals surface area (Å²) in [7, 11) is 0. The maximum absolute atomic E-state index is 12.9. The number of benzene rings is 2. The molecule has 10 heteroatoms. The van der Waals surface area contributed by atoms with Crippen LogP contribution >= 0.6 is 0 Å². The molecule has 4 N–H and O–H groups in total. The Labute approximate surface area is 187 Å². The summed E-state index contributed by atoms with van der Waals surface area (Å²) in [5.41, 5.74) is 0.806. The molecular formula is C23H19N5O5. The van der Waals surface area contributed by atoms with Gasteiger partial charge in [-0.25, -0.2) is 4.98 Å². The molecule has 10 nitrogen and oxygen atoms in total. The third kappa shape index (κ3) is 5.89. The molecule has 0 aliphatic carbocycles. The molecule has 1 atom stereocenters. The first-order chi connectivity index (χ1) is 15.9. The topological polar surface area (TPSA) is 165 Å². The van der Waals surface area contributed by atoms with Crippen LogP contribution in [0.15, 0.2) is 65.6 Å². The number of carboxylic acid groups (broad SMARTS) is 1. The monoisotopic (exact) mass is 445 g/mol. The number of nitrogens with zero attached hydrogens (tertiary/aromatic N) is 2. The van der Waals surface area contributed by atoms with Gasteiger partial charge in [0.15, 0.2) is 5.82 Å². The van der Waals surface area contributed by atoms with Crippen LogP contribution in [0.2, 0.25) is 0 Å². The summed E-state index contributed by atoms with van der Waals surface area (Å²) in [4.78, 5) is 53.9.